The number of hydrogen-bond donors (Lipinski definition) is 1. The van der Waals surface area contributed by atoms with Gasteiger partial charge in [0.05, 0.1) is 6.10 Å². The van der Waals surface area contributed by atoms with Crippen molar-refractivity contribution in [2.45, 2.75) is 51.7 Å². The van der Waals surface area contributed by atoms with Crippen molar-refractivity contribution < 1.29 is 4.74 Å². The van der Waals surface area contributed by atoms with E-state index in [9.17, 15) is 0 Å². The number of nitrogens with one attached hydrogen (secondary N) is 1. The van der Waals surface area contributed by atoms with Crippen LogP contribution in [0.3, 0.4) is 0 Å². The monoisotopic (exact) mass is 325 g/mol. The molecule has 0 spiro atoms. The molecular weight excluding hydrogens is 302 g/mol. The molecule has 0 aliphatic heterocycles. The largest absolute Gasteiger partial charge is 0.490 e. The van der Waals surface area contributed by atoms with Crippen LogP contribution in [0.15, 0.2) is 22.7 Å². The highest BCUT2D eigenvalue weighted by Crippen LogP contribution is 2.31. The van der Waals surface area contributed by atoms with Crippen LogP contribution in [0.4, 0.5) is 0 Å². The van der Waals surface area contributed by atoms with Crippen LogP contribution in [0.1, 0.15) is 44.6 Å². The van der Waals surface area contributed by atoms with E-state index in [1.54, 1.807) is 0 Å². The molecule has 1 fully saturated rings. The van der Waals surface area contributed by atoms with Gasteiger partial charge in [-0.3, -0.25) is 0 Å². The number of hydrogen-bond acceptors (Lipinski definition) is 2. The lowest BCUT2D eigenvalue weighted by Crippen LogP contribution is -2.25. The highest BCUT2D eigenvalue weighted by molar-refractivity contribution is 9.10. The molecule has 2 unspecified atom stereocenters. The van der Waals surface area contributed by atoms with E-state index >= 15 is 0 Å². The summed E-state index contributed by atoms with van der Waals surface area (Å²) in [7, 11) is 1.97. The first-order valence-corrected chi connectivity index (χ1v) is 8.12. The molecule has 19 heavy (non-hydrogen) atoms. The summed E-state index contributed by atoms with van der Waals surface area (Å²) in [5.41, 5.74) is 1.23. The molecule has 1 saturated carbocycles. The fraction of sp³-hybridized carbons (Fsp3) is 0.625. The third-order valence-electron chi connectivity index (χ3n) is 4.00. The highest BCUT2D eigenvalue weighted by Gasteiger charge is 2.22. The molecule has 0 aromatic heterocycles. The second kappa shape index (κ2) is 7.30. The summed E-state index contributed by atoms with van der Waals surface area (Å²) in [4.78, 5) is 0. The second-order valence-corrected chi connectivity index (χ2v) is 6.38. The minimum Gasteiger partial charge on any atom is -0.490 e. The van der Waals surface area contributed by atoms with Gasteiger partial charge < -0.3 is 10.1 Å². The van der Waals surface area contributed by atoms with Crippen molar-refractivity contribution in [2.24, 2.45) is 5.92 Å². The molecule has 1 aromatic carbocycles. The zero-order chi connectivity index (χ0) is 13.7. The Morgan fingerprint density at radius 2 is 2.21 bits per heavy atom. The Morgan fingerprint density at radius 3 is 2.95 bits per heavy atom. The van der Waals surface area contributed by atoms with Crippen molar-refractivity contribution in [2.75, 3.05) is 7.05 Å². The molecule has 1 N–H and O–H groups in total. The predicted octanol–water partition coefficient (Wildman–Crippen LogP) is 4.52. The van der Waals surface area contributed by atoms with Crippen LogP contribution < -0.4 is 10.1 Å². The Balaban J connectivity index is 2.05. The Morgan fingerprint density at radius 1 is 1.37 bits per heavy atom. The summed E-state index contributed by atoms with van der Waals surface area (Å²) in [6, 6.07) is 6.30. The van der Waals surface area contributed by atoms with Crippen LogP contribution in [-0.2, 0) is 6.54 Å². The lowest BCUT2D eigenvalue weighted by Gasteiger charge is -2.29. The van der Waals surface area contributed by atoms with Crippen LogP contribution in [0.5, 0.6) is 5.75 Å². The smallest absolute Gasteiger partial charge is 0.124 e. The second-order valence-electron chi connectivity index (χ2n) is 5.46. The van der Waals surface area contributed by atoms with Crippen molar-refractivity contribution in [1.82, 2.24) is 5.32 Å². The lowest BCUT2D eigenvalue weighted by molar-refractivity contribution is 0.121. The third-order valence-corrected chi connectivity index (χ3v) is 4.49. The highest BCUT2D eigenvalue weighted by atomic mass is 79.9. The molecular formula is C16H24BrNO. The number of rotatable bonds is 5. The number of halogens is 1. The van der Waals surface area contributed by atoms with E-state index in [1.165, 1.54) is 37.7 Å². The van der Waals surface area contributed by atoms with Crippen LogP contribution in [0, 0.1) is 5.92 Å². The van der Waals surface area contributed by atoms with Gasteiger partial charge in [-0.1, -0.05) is 35.7 Å². The van der Waals surface area contributed by atoms with Crippen molar-refractivity contribution in [3.63, 3.8) is 0 Å². The van der Waals surface area contributed by atoms with Gasteiger partial charge in [0.2, 0.25) is 0 Å². The summed E-state index contributed by atoms with van der Waals surface area (Å²) in [6.07, 6.45) is 6.78. The predicted molar refractivity (Wildman–Crippen MR) is 83.6 cm³/mol. The van der Waals surface area contributed by atoms with Crippen LogP contribution in [0.25, 0.3) is 0 Å². The van der Waals surface area contributed by atoms with Gasteiger partial charge in [0.25, 0.3) is 0 Å². The van der Waals surface area contributed by atoms with Crippen LogP contribution in [0.2, 0.25) is 0 Å². The van der Waals surface area contributed by atoms with Gasteiger partial charge in [-0.05, 0) is 50.4 Å². The zero-order valence-corrected chi connectivity index (χ0v) is 13.5. The van der Waals surface area contributed by atoms with Crippen molar-refractivity contribution in [3.05, 3.63) is 28.2 Å². The van der Waals surface area contributed by atoms with E-state index in [2.05, 4.69) is 46.4 Å². The normalized spacial score (nSPS) is 23.3. The van der Waals surface area contributed by atoms with Crippen molar-refractivity contribution in [3.8, 4) is 5.75 Å². The van der Waals surface area contributed by atoms with Crippen LogP contribution >= 0.6 is 15.9 Å². The molecule has 106 valence electrons. The Kier molecular flexibility index (Phi) is 5.71. The minimum atomic E-state index is 0.399. The maximum Gasteiger partial charge on any atom is 0.124 e. The molecule has 0 heterocycles. The topological polar surface area (TPSA) is 21.3 Å². The van der Waals surface area contributed by atoms with E-state index in [0.717, 1.165) is 22.7 Å². The average Bonchev–Trinajstić information content (AvgIpc) is 2.42. The maximum absolute atomic E-state index is 6.27. The third kappa shape index (κ3) is 4.22. The molecule has 0 amide bonds. The summed E-state index contributed by atoms with van der Waals surface area (Å²) in [5.74, 6) is 1.89. The summed E-state index contributed by atoms with van der Waals surface area (Å²) >= 11 is 3.53. The molecule has 1 aliphatic carbocycles. The molecule has 3 heteroatoms. The Labute approximate surface area is 125 Å². The van der Waals surface area contributed by atoms with Crippen LogP contribution in [-0.4, -0.2) is 13.2 Å². The van der Waals surface area contributed by atoms with E-state index in [1.807, 2.05) is 7.05 Å². The van der Waals surface area contributed by atoms with Gasteiger partial charge in [0.1, 0.15) is 5.75 Å². The van der Waals surface area contributed by atoms with Gasteiger partial charge in [-0.25, -0.2) is 0 Å². The zero-order valence-electron chi connectivity index (χ0n) is 11.9. The van der Waals surface area contributed by atoms with Crippen molar-refractivity contribution >= 4 is 15.9 Å². The Hall–Kier alpha value is -0.540. The lowest BCUT2D eigenvalue weighted by atomic mass is 9.85. The molecule has 0 bridgehead atoms. The summed E-state index contributed by atoms with van der Waals surface area (Å²) in [6.45, 7) is 3.14. The van der Waals surface area contributed by atoms with Crippen molar-refractivity contribution in [1.29, 1.82) is 0 Å². The van der Waals surface area contributed by atoms with Gasteiger partial charge >= 0.3 is 0 Å². The molecule has 2 rings (SSSR count). The molecule has 1 aliphatic rings. The summed E-state index contributed by atoms with van der Waals surface area (Å²) in [5, 5.41) is 3.21. The fourth-order valence-electron chi connectivity index (χ4n) is 2.89. The molecule has 2 atom stereocenters. The first-order chi connectivity index (χ1) is 9.22. The SMILES string of the molecule is CCC1CCCC(Oc2ccc(Br)cc2CNC)C1. The first kappa shape index (κ1) is 14.9. The standard InChI is InChI=1S/C16H24BrNO/c1-3-12-5-4-6-15(9-12)19-16-8-7-14(17)10-13(16)11-18-2/h7-8,10,12,15,18H,3-6,9,11H2,1-2H3. The van der Waals surface area contributed by atoms with E-state index in [0.29, 0.717) is 6.10 Å². The fourth-order valence-corrected chi connectivity index (χ4v) is 3.30. The van der Waals surface area contributed by atoms with E-state index < -0.39 is 0 Å². The van der Waals surface area contributed by atoms with Gasteiger partial charge in [-0.2, -0.15) is 0 Å². The first-order valence-electron chi connectivity index (χ1n) is 7.32. The maximum atomic E-state index is 6.27. The van der Waals surface area contributed by atoms with Gasteiger partial charge in [-0.15, -0.1) is 0 Å². The molecule has 2 nitrogen and oxygen atoms in total. The van der Waals surface area contributed by atoms with Gasteiger partial charge in [0, 0.05) is 16.6 Å². The minimum absolute atomic E-state index is 0.399. The molecule has 0 radical (unpaired) electrons. The molecule has 0 saturated heterocycles. The van der Waals surface area contributed by atoms with Gasteiger partial charge in [0.15, 0.2) is 0 Å². The summed E-state index contributed by atoms with van der Waals surface area (Å²) < 4.78 is 7.38. The van der Waals surface area contributed by atoms with E-state index in [4.69, 9.17) is 4.74 Å². The Bertz CT molecular complexity index is 408. The number of benzene rings is 1. The average molecular weight is 326 g/mol. The molecule has 1 aromatic rings. The number of ether oxygens (including phenoxy) is 1. The van der Waals surface area contributed by atoms with E-state index in [-0.39, 0.29) is 0 Å². The quantitative estimate of drug-likeness (QED) is 0.859.